The first-order valence-corrected chi connectivity index (χ1v) is 13.8. The van der Waals surface area contributed by atoms with Gasteiger partial charge in [0.05, 0.1) is 18.4 Å². The highest BCUT2D eigenvalue weighted by atomic mass is 32.2. The third-order valence-electron chi connectivity index (χ3n) is 5.88. The Hall–Kier alpha value is -3.72. The molecule has 2 aromatic rings. The maximum Gasteiger partial charge on any atom is 0.362 e. The van der Waals surface area contributed by atoms with E-state index in [4.69, 9.17) is 10.6 Å². The van der Waals surface area contributed by atoms with Gasteiger partial charge in [-0.05, 0) is 7.05 Å². The Morgan fingerprint density at radius 2 is 2.10 bits per heavy atom. The van der Waals surface area contributed by atoms with Crippen LogP contribution < -0.4 is 21.7 Å². The van der Waals surface area contributed by atoms with Gasteiger partial charge in [0.1, 0.15) is 17.8 Å². The lowest BCUT2D eigenvalue weighted by atomic mass is 9.98. The molecule has 0 bridgehead atoms. The van der Waals surface area contributed by atoms with E-state index in [1.54, 1.807) is 0 Å². The SMILES string of the molecule is CNCCNCc1cnn(C[C@H]2[C@H](NC(=O)C(=NOC3(C(=O)O)CC3)c3csc(N)n3)C(=O)N2S(=O)(=O)O)n1. The second-order valence-electron chi connectivity index (χ2n) is 8.70. The van der Waals surface area contributed by atoms with E-state index < -0.39 is 51.5 Å². The number of rotatable bonds is 14. The number of nitrogens with zero attached hydrogens (tertiary/aromatic N) is 6. The molecule has 2 aromatic heterocycles. The highest BCUT2D eigenvalue weighted by Gasteiger charge is 2.56. The molecular weight excluding hydrogens is 560 g/mol. The minimum Gasteiger partial charge on any atom is -0.478 e. The van der Waals surface area contributed by atoms with Gasteiger partial charge in [-0.25, -0.2) is 14.1 Å². The predicted octanol–water partition coefficient (Wildman–Crippen LogP) is -2.84. The lowest BCUT2D eigenvalue weighted by molar-refractivity contribution is -0.153. The lowest BCUT2D eigenvalue weighted by Gasteiger charge is -2.43. The van der Waals surface area contributed by atoms with Gasteiger partial charge in [-0.2, -0.15) is 23.4 Å². The normalized spacial score (nSPS) is 20.4. The van der Waals surface area contributed by atoms with Crippen LogP contribution in [0.1, 0.15) is 24.2 Å². The number of nitrogens with two attached hydrogens (primary N) is 1. The minimum absolute atomic E-state index is 0.0460. The lowest BCUT2D eigenvalue weighted by Crippen LogP contribution is -2.73. The molecule has 3 heterocycles. The molecule has 1 saturated carbocycles. The van der Waals surface area contributed by atoms with Crippen molar-refractivity contribution in [3.05, 3.63) is 23.0 Å². The van der Waals surface area contributed by atoms with Crippen molar-refractivity contribution in [2.24, 2.45) is 5.16 Å². The standard InChI is InChI=1S/C19H26N10O8S2/c1-21-4-5-22-6-10-7-23-28(26-10)8-12-14(16(31)29(12)39(34,35)36)25-15(30)13(11-9-38-18(20)24-11)27-37-19(2-3-19)17(32)33/h7,9,12,14,21-22H,2-6,8H2,1H3,(H2,20,24)(H,25,30)(H,32,33)(H,34,35,36)/t12-,14-/m0/s1. The average Bonchev–Trinajstić information content (AvgIpc) is 3.33. The van der Waals surface area contributed by atoms with E-state index in [2.05, 4.69) is 36.3 Å². The second-order valence-corrected chi connectivity index (χ2v) is 10.9. The van der Waals surface area contributed by atoms with Crippen LogP contribution in [0.15, 0.2) is 16.7 Å². The number of aliphatic carboxylic acids is 1. The smallest absolute Gasteiger partial charge is 0.362 e. The molecule has 2 fully saturated rings. The molecule has 1 aliphatic carbocycles. The summed E-state index contributed by atoms with van der Waals surface area (Å²) >= 11 is 0.979. The zero-order valence-electron chi connectivity index (χ0n) is 20.5. The van der Waals surface area contributed by atoms with E-state index in [9.17, 15) is 32.5 Å². The monoisotopic (exact) mass is 586 g/mol. The van der Waals surface area contributed by atoms with Crippen LogP contribution in [-0.4, -0.2) is 104 Å². The molecule has 2 aliphatic rings. The summed E-state index contributed by atoms with van der Waals surface area (Å²) in [6.07, 6.45) is 1.80. The van der Waals surface area contributed by atoms with Crippen LogP contribution in [0.3, 0.4) is 0 Å². The second kappa shape index (κ2) is 11.2. The first-order chi connectivity index (χ1) is 18.4. The van der Waals surface area contributed by atoms with E-state index >= 15 is 0 Å². The van der Waals surface area contributed by atoms with Crippen LogP contribution in [-0.2, 0) is 42.6 Å². The van der Waals surface area contributed by atoms with Gasteiger partial charge in [0.25, 0.3) is 11.8 Å². The Morgan fingerprint density at radius 3 is 2.69 bits per heavy atom. The number of β-lactam (4-membered cyclic amide) rings is 1. The third-order valence-corrected chi connectivity index (χ3v) is 7.50. The summed E-state index contributed by atoms with van der Waals surface area (Å²) < 4.78 is 33.5. The summed E-state index contributed by atoms with van der Waals surface area (Å²) in [5, 5.41) is 31.2. The van der Waals surface area contributed by atoms with Crippen LogP contribution in [0.5, 0.6) is 0 Å². The van der Waals surface area contributed by atoms with E-state index in [0.717, 1.165) is 22.7 Å². The molecule has 4 rings (SSSR count). The first kappa shape index (κ1) is 28.3. The minimum atomic E-state index is -4.97. The maximum absolute atomic E-state index is 13.2. The molecule has 2 atom stereocenters. The zero-order chi connectivity index (χ0) is 28.4. The van der Waals surface area contributed by atoms with Crippen molar-refractivity contribution in [1.82, 2.24) is 40.2 Å². The van der Waals surface area contributed by atoms with Crippen LogP contribution >= 0.6 is 11.3 Å². The molecule has 0 aromatic carbocycles. The number of hydrogen-bond donors (Lipinski definition) is 6. The summed E-state index contributed by atoms with van der Waals surface area (Å²) in [7, 11) is -3.16. The number of carboxylic acid groups (broad SMARTS) is 1. The topological polar surface area (TPSA) is 256 Å². The largest absolute Gasteiger partial charge is 0.478 e. The number of anilines is 1. The fourth-order valence-corrected chi connectivity index (χ4v) is 5.06. The van der Waals surface area contributed by atoms with E-state index in [1.807, 2.05) is 7.05 Å². The van der Waals surface area contributed by atoms with Crippen molar-refractivity contribution in [1.29, 1.82) is 0 Å². The fraction of sp³-hybridized carbons (Fsp3) is 0.526. The number of nitrogen functional groups attached to an aromatic ring is 1. The Labute approximate surface area is 225 Å². The maximum atomic E-state index is 13.2. The van der Waals surface area contributed by atoms with Crippen molar-refractivity contribution in [3.63, 3.8) is 0 Å². The highest BCUT2D eigenvalue weighted by Crippen LogP contribution is 2.40. The molecule has 0 radical (unpaired) electrons. The Morgan fingerprint density at radius 1 is 1.36 bits per heavy atom. The first-order valence-electron chi connectivity index (χ1n) is 11.5. The van der Waals surface area contributed by atoms with Crippen LogP contribution in [0, 0.1) is 0 Å². The molecule has 2 amide bonds. The summed E-state index contributed by atoms with van der Waals surface area (Å²) in [5.41, 5.74) is 4.09. The molecular formula is C19H26N10O8S2. The van der Waals surface area contributed by atoms with Gasteiger partial charge >= 0.3 is 16.3 Å². The fourth-order valence-electron chi connectivity index (χ4n) is 3.64. The molecule has 18 nitrogen and oxygen atoms in total. The summed E-state index contributed by atoms with van der Waals surface area (Å²) in [6.45, 7) is 1.48. The van der Waals surface area contributed by atoms with Gasteiger partial charge in [-0.3, -0.25) is 14.1 Å². The van der Waals surface area contributed by atoms with Gasteiger partial charge < -0.3 is 31.6 Å². The van der Waals surface area contributed by atoms with Crippen molar-refractivity contribution >= 4 is 50.3 Å². The number of carbonyl (C=O) groups is 3. The number of likely N-dealkylation sites (N-methyl/N-ethyl adjacent to an activating group) is 1. The van der Waals surface area contributed by atoms with Crippen molar-refractivity contribution in [2.45, 2.75) is 43.6 Å². The molecule has 7 N–H and O–H groups in total. The number of nitrogens with one attached hydrogen (secondary N) is 3. The Kier molecular flexibility index (Phi) is 8.11. The molecule has 212 valence electrons. The number of thiazole rings is 1. The van der Waals surface area contributed by atoms with Crippen LogP contribution in [0.25, 0.3) is 0 Å². The van der Waals surface area contributed by atoms with Crippen LogP contribution in [0.4, 0.5) is 5.13 Å². The molecule has 20 heteroatoms. The van der Waals surface area contributed by atoms with Gasteiger partial charge in [-0.1, -0.05) is 5.16 Å². The number of amides is 2. The van der Waals surface area contributed by atoms with Crippen molar-refractivity contribution in [3.8, 4) is 0 Å². The number of oxime groups is 1. The van der Waals surface area contributed by atoms with Gasteiger partial charge in [-0.15, -0.1) is 11.3 Å². The molecule has 0 unspecified atom stereocenters. The summed E-state index contributed by atoms with van der Waals surface area (Å²) in [4.78, 5) is 47.5. The molecule has 1 aliphatic heterocycles. The third kappa shape index (κ3) is 6.30. The summed E-state index contributed by atoms with van der Waals surface area (Å²) in [6, 6.07) is -2.72. The van der Waals surface area contributed by atoms with E-state index in [1.165, 1.54) is 11.6 Å². The molecule has 39 heavy (non-hydrogen) atoms. The quantitative estimate of drug-likeness (QED) is 0.0429. The zero-order valence-corrected chi connectivity index (χ0v) is 22.1. The Bertz CT molecular complexity index is 1390. The predicted molar refractivity (Wildman–Crippen MR) is 134 cm³/mol. The highest BCUT2D eigenvalue weighted by molar-refractivity contribution is 7.84. The van der Waals surface area contributed by atoms with E-state index in [-0.39, 0.29) is 34.5 Å². The molecule has 1 saturated heterocycles. The van der Waals surface area contributed by atoms with Gasteiger partial charge in [0.15, 0.2) is 10.8 Å². The number of carboxylic acids is 1. The van der Waals surface area contributed by atoms with Crippen molar-refractivity contribution < 1.29 is 37.3 Å². The van der Waals surface area contributed by atoms with Crippen molar-refractivity contribution in [2.75, 3.05) is 25.9 Å². The molecule has 0 spiro atoms. The Balaban J connectivity index is 1.51. The average molecular weight is 587 g/mol. The number of carbonyl (C=O) groups excluding carboxylic acids is 2. The number of hydrogen-bond acceptors (Lipinski definition) is 14. The van der Waals surface area contributed by atoms with Gasteiger partial charge in [0, 0.05) is 37.9 Å². The van der Waals surface area contributed by atoms with Crippen LogP contribution in [0.2, 0.25) is 0 Å². The number of aromatic nitrogens is 4. The van der Waals surface area contributed by atoms with E-state index in [0.29, 0.717) is 18.8 Å². The summed E-state index contributed by atoms with van der Waals surface area (Å²) in [5.74, 6) is -3.38. The van der Waals surface area contributed by atoms with Gasteiger partial charge in [0.2, 0.25) is 5.60 Å².